The van der Waals surface area contributed by atoms with Gasteiger partial charge in [0, 0.05) is 10.9 Å². The van der Waals surface area contributed by atoms with Crippen molar-refractivity contribution in [3.63, 3.8) is 0 Å². The van der Waals surface area contributed by atoms with Crippen molar-refractivity contribution in [3.05, 3.63) is 39.7 Å². The molecule has 2 rings (SSSR count). The third-order valence-electron chi connectivity index (χ3n) is 2.71. The van der Waals surface area contributed by atoms with Gasteiger partial charge in [0.25, 0.3) is 5.91 Å². The smallest absolute Gasteiger partial charge is 0.379 e. The van der Waals surface area contributed by atoms with Gasteiger partial charge in [-0.25, -0.2) is 10.6 Å². The fourth-order valence-electron chi connectivity index (χ4n) is 1.92. The van der Waals surface area contributed by atoms with Crippen LogP contribution in [-0.4, -0.2) is 13.0 Å². The highest BCUT2D eigenvalue weighted by Crippen LogP contribution is 2.26. The van der Waals surface area contributed by atoms with Crippen molar-refractivity contribution in [2.45, 2.75) is 6.92 Å². The lowest BCUT2D eigenvalue weighted by atomic mass is 10.0. The van der Waals surface area contributed by atoms with Crippen LogP contribution >= 0.6 is 0 Å². The Kier molecular flexibility index (Phi) is 3.03. The van der Waals surface area contributed by atoms with Crippen LogP contribution in [0.15, 0.2) is 27.4 Å². The maximum Gasteiger partial charge on any atom is 0.379 e. The molecule has 0 saturated carbocycles. The quantitative estimate of drug-likeness (QED) is 0.353. The highest BCUT2D eigenvalue weighted by molar-refractivity contribution is 6.07. The van der Waals surface area contributed by atoms with Crippen molar-refractivity contribution >= 4 is 16.9 Å². The van der Waals surface area contributed by atoms with Gasteiger partial charge < -0.3 is 9.15 Å². The van der Waals surface area contributed by atoms with E-state index in [0.717, 1.165) is 0 Å². The predicted octanol–water partition coefficient (Wildman–Crippen LogP) is 0.714. The summed E-state index contributed by atoms with van der Waals surface area (Å²) in [6.45, 7) is 1.69. The molecule has 6 heteroatoms. The monoisotopic (exact) mass is 248 g/mol. The van der Waals surface area contributed by atoms with Crippen molar-refractivity contribution in [1.82, 2.24) is 5.43 Å². The van der Waals surface area contributed by atoms with Crippen molar-refractivity contribution in [2.75, 3.05) is 7.11 Å². The molecule has 0 bridgehead atoms. The Hall–Kier alpha value is -2.34. The van der Waals surface area contributed by atoms with Gasteiger partial charge in [0.05, 0.1) is 12.7 Å². The van der Waals surface area contributed by atoms with E-state index >= 15 is 0 Å². The fraction of sp³-hybridized carbons (Fsp3) is 0.167. The predicted molar refractivity (Wildman–Crippen MR) is 65.4 cm³/mol. The number of fused-ring (bicyclic) bond motifs is 1. The maximum atomic E-state index is 11.7. The minimum absolute atomic E-state index is 0.0831. The highest BCUT2D eigenvalue weighted by atomic mass is 16.5. The summed E-state index contributed by atoms with van der Waals surface area (Å²) in [7, 11) is 1.37. The standard InChI is InChI=1S/C12H12N2O4/c1-6-9-7(11(15)14-13)4-3-5-8(9)18-12(16)10(6)17-2/h3-5H,13H2,1-2H3,(H,14,15). The molecule has 0 atom stereocenters. The molecule has 3 N–H and O–H groups in total. The molecule has 1 aromatic carbocycles. The van der Waals surface area contributed by atoms with Crippen molar-refractivity contribution in [3.8, 4) is 5.75 Å². The number of nitrogens with two attached hydrogens (primary N) is 1. The largest absolute Gasteiger partial charge is 0.490 e. The first-order chi connectivity index (χ1) is 8.60. The molecule has 0 unspecified atom stereocenters. The van der Waals surface area contributed by atoms with Gasteiger partial charge in [0.1, 0.15) is 5.58 Å². The lowest BCUT2D eigenvalue weighted by molar-refractivity contribution is 0.0955. The Morgan fingerprint density at radius 1 is 1.44 bits per heavy atom. The van der Waals surface area contributed by atoms with E-state index in [2.05, 4.69) is 5.43 Å². The number of nitrogen functional groups attached to an aromatic ring is 1. The number of rotatable bonds is 2. The number of carbonyl (C=O) groups excluding carboxylic acids is 1. The molecule has 18 heavy (non-hydrogen) atoms. The second-order valence-electron chi connectivity index (χ2n) is 3.70. The zero-order valence-corrected chi connectivity index (χ0v) is 9.94. The summed E-state index contributed by atoms with van der Waals surface area (Å²) in [5.41, 5.74) is 2.67. The lowest BCUT2D eigenvalue weighted by Gasteiger charge is -2.09. The Bertz CT molecular complexity index is 676. The molecule has 0 spiro atoms. The molecule has 0 aliphatic carbocycles. The summed E-state index contributed by atoms with van der Waals surface area (Å²) in [4.78, 5) is 23.3. The van der Waals surface area contributed by atoms with Crippen LogP contribution in [0.1, 0.15) is 15.9 Å². The van der Waals surface area contributed by atoms with E-state index in [1.165, 1.54) is 7.11 Å². The number of hydrogen-bond donors (Lipinski definition) is 2. The van der Waals surface area contributed by atoms with Gasteiger partial charge in [-0.15, -0.1) is 0 Å². The lowest BCUT2D eigenvalue weighted by Crippen LogP contribution is -2.30. The molecule has 1 amide bonds. The fourth-order valence-corrected chi connectivity index (χ4v) is 1.92. The third kappa shape index (κ3) is 1.72. The van der Waals surface area contributed by atoms with Crippen LogP contribution in [0.3, 0.4) is 0 Å². The SMILES string of the molecule is COc1c(C)c2c(C(=O)NN)cccc2oc1=O. The summed E-state index contributed by atoms with van der Waals surface area (Å²) in [5, 5.41) is 0.511. The molecular weight excluding hydrogens is 236 g/mol. The van der Waals surface area contributed by atoms with Gasteiger partial charge in [-0.05, 0) is 19.1 Å². The van der Waals surface area contributed by atoms with E-state index in [1.807, 2.05) is 0 Å². The average Bonchev–Trinajstić information content (AvgIpc) is 2.37. The van der Waals surface area contributed by atoms with E-state index in [4.69, 9.17) is 15.0 Å². The van der Waals surface area contributed by atoms with Crippen molar-refractivity contribution < 1.29 is 13.9 Å². The first-order valence-corrected chi connectivity index (χ1v) is 5.21. The van der Waals surface area contributed by atoms with Gasteiger partial charge >= 0.3 is 5.63 Å². The van der Waals surface area contributed by atoms with E-state index in [9.17, 15) is 9.59 Å². The molecule has 2 aromatic rings. The molecule has 0 radical (unpaired) electrons. The summed E-state index contributed by atoms with van der Waals surface area (Å²) in [6, 6.07) is 4.81. The zero-order chi connectivity index (χ0) is 13.3. The number of amides is 1. The number of hydrazine groups is 1. The van der Waals surface area contributed by atoms with Crippen LogP contribution in [-0.2, 0) is 0 Å². The Morgan fingerprint density at radius 2 is 2.17 bits per heavy atom. The van der Waals surface area contributed by atoms with Gasteiger partial charge in [-0.2, -0.15) is 0 Å². The van der Waals surface area contributed by atoms with Crippen molar-refractivity contribution in [2.24, 2.45) is 5.84 Å². The number of hydrogen-bond acceptors (Lipinski definition) is 5. The second kappa shape index (κ2) is 4.50. The summed E-state index contributed by atoms with van der Waals surface area (Å²) in [6.07, 6.45) is 0. The molecule has 0 aliphatic heterocycles. The van der Waals surface area contributed by atoms with Crippen LogP contribution < -0.4 is 21.6 Å². The van der Waals surface area contributed by atoms with Crippen molar-refractivity contribution in [1.29, 1.82) is 0 Å². The molecule has 0 aliphatic rings. The Labute approximate surface area is 102 Å². The average molecular weight is 248 g/mol. The summed E-state index contributed by atoms with van der Waals surface area (Å²) in [5.74, 6) is 4.75. The van der Waals surface area contributed by atoms with Crippen LogP contribution in [0, 0.1) is 6.92 Å². The van der Waals surface area contributed by atoms with Crippen LogP contribution in [0.2, 0.25) is 0 Å². The van der Waals surface area contributed by atoms with Crippen LogP contribution in [0.25, 0.3) is 11.0 Å². The Morgan fingerprint density at radius 3 is 2.78 bits per heavy atom. The number of benzene rings is 1. The van der Waals surface area contributed by atoms with Gasteiger partial charge in [0.2, 0.25) is 5.75 Å². The summed E-state index contributed by atoms with van der Waals surface area (Å²) < 4.78 is 10.1. The summed E-state index contributed by atoms with van der Waals surface area (Å²) >= 11 is 0. The molecule has 94 valence electrons. The second-order valence-corrected chi connectivity index (χ2v) is 3.70. The molecule has 0 saturated heterocycles. The number of nitrogens with one attached hydrogen (secondary N) is 1. The maximum absolute atomic E-state index is 11.7. The van der Waals surface area contributed by atoms with Gasteiger partial charge in [-0.1, -0.05) is 6.07 Å². The first kappa shape index (κ1) is 12.1. The minimum atomic E-state index is -0.576. The molecule has 0 fully saturated rings. The molecular formula is C12H12N2O4. The minimum Gasteiger partial charge on any atom is -0.490 e. The van der Waals surface area contributed by atoms with E-state index in [1.54, 1.807) is 25.1 Å². The Balaban J connectivity index is 2.91. The number of methoxy groups -OCH3 is 1. The third-order valence-corrected chi connectivity index (χ3v) is 2.71. The molecule has 1 aromatic heterocycles. The van der Waals surface area contributed by atoms with Crippen LogP contribution in [0.4, 0.5) is 0 Å². The normalized spacial score (nSPS) is 10.4. The topological polar surface area (TPSA) is 94.6 Å². The first-order valence-electron chi connectivity index (χ1n) is 5.21. The van der Waals surface area contributed by atoms with E-state index in [0.29, 0.717) is 22.1 Å². The molecule has 6 nitrogen and oxygen atoms in total. The number of ether oxygens (including phenoxy) is 1. The van der Waals surface area contributed by atoms with E-state index in [-0.39, 0.29) is 5.75 Å². The number of carbonyl (C=O) groups is 1. The zero-order valence-electron chi connectivity index (χ0n) is 9.94. The van der Waals surface area contributed by atoms with Gasteiger partial charge in [0.15, 0.2) is 0 Å². The number of aryl methyl sites for hydroxylation is 1. The van der Waals surface area contributed by atoms with Crippen LogP contribution in [0.5, 0.6) is 5.75 Å². The highest BCUT2D eigenvalue weighted by Gasteiger charge is 2.17. The van der Waals surface area contributed by atoms with Gasteiger partial charge in [-0.3, -0.25) is 10.2 Å². The van der Waals surface area contributed by atoms with E-state index < -0.39 is 11.5 Å². The molecule has 1 heterocycles.